The number of nitrogens with one attached hydrogen (secondary N) is 2. The number of carbonyl (C=O) groups is 1. The highest BCUT2D eigenvalue weighted by Gasteiger charge is 2.17. The van der Waals surface area contributed by atoms with E-state index in [9.17, 15) is 9.18 Å². The summed E-state index contributed by atoms with van der Waals surface area (Å²) >= 11 is 0. The van der Waals surface area contributed by atoms with Crippen molar-refractivity contribution in [3.63, 3.8) is 0 Å². The number of hydrogen-bond donors (Lipinski definition) is 2. The Labute approximate surface area is 108 Å². The molecule has 0 aliphatic heterocycles. The first-order valence-electron chi connectivity index (χ1n) is 6.09. The molecule has 0 fully saturated rings. The molecule has 1 aromatic carbocycles. The van der Waals surface area contributed by atoms with Crippen molar-refractivity contribution >= 4 is 5.91 Å². The lowest BCUT2D eigenvalue weighted by Crippen LogP contribution is -2.39. The Bertz CT molecular complexity index is 405. The van der Waals surface area contributed by atoms with Crippen molar-refractivity contribution in [3.05, 3.63) is 35.6 Å². The van der Waals surface area contributed by atoms with Crippen LogP contribution < -0.4 is 10.6 Å². The van der Waals surface area contributed by atoms with Crippen LogP contribution in [0.5, 0.6) is 0 Å². The molecule has 100 valence electrons. The summed E-state index contributed by atoms with van der Waals surface area (Å²) in [5.74, 6) is -0.388. The van der Waals surface area contributed by atoms with Crippen LogP contribution in [-0.2, 0) is 11.2 Å². The first-order valence-corrected chi connectivity index (χ1v) is 6.09. The molecule has 4 heteroatoms. The zero-order valence-corrected chi connectivity index (χ0v) is 11.2. The third-order valence-electron chi connectivity index (χ3n) is 2.67. The Balaban J connectivity index is 2.43. The molecule has 0 unspecified atom stereocenters. The topological polar surface area (TPSA) is 41.1 Å². The molecule has 2 N–H and O–H groups in total. The first kappa shape index (κ1) is 14.6. The highest BCUT2D eigenvalue weighted by Crippen LogP contribution is 2.11. The van der Waals surface area contributed by atoms with Gasteiger partial charge in [0.1, 0.15) is 5.82 Å². The molecule has 0 saturated heterocycles. The van der Waals surface area contributed by atoms with E-state index >= 15 is 0 Å². The van der Waals surface area contributed by atoms with E-state index in [-0.39, 0.29) is 23.6 Å². The molecule has 0 heterocycles. The first-order chi connectivity index (χ1) is 8.43. The number of hydrogen-bond acceptors (Lipinski definition) is 2. The van der Waals surface area contributed by atoms with E-state index in [1.165, 1.54) is 12.1 Å². The molecular formula is C14H21FN2O. The van der Waals surface area contributed by atoms with Gasteiger partial charge < -0.3 is 10.6 Å². The Morgan fingerprint density at radius 3 is 2.67 bits per heavy atom. The molecule has 0 radical (unpaired) electrons. The molecule has 18 heavy (non-hydrogen) atoms. The van der Waals surface area contributed by atoms with Gasteiger partial charge in [-0.25, -0.2) is 4.39 Å². The van der Waals surface area contributed by atoms with Crippen LogP contribution in [0.15, 0.2) is 24.3 Å². The van der Waals surface area contributed by atoms with Gasteiger partial charge in [-0.3, -0.25) is 4.79 Å². The van der Waals surface area contributed by atoms with E-state index in [0.29, 0.717) is 12.1 Å². The second-order valence-corrected chi connectivity index (χ2v) is 5.28. The Morgan fingerprint density at radius 2 is 2.06 bits per heavy atom. The van der Waals surface area contributed by atoms with E-state index in [2.05, 4.69) is 24.5 Å². The van der Waals surface area contributed by atoms with Crippen LogP contribution in [0.2, 0.25) is 0 Å². The summed E-state index contributed by atoms with van der Waals surface area (Å²) in [6.45, 7) is 5.58. The van der Waals surface area contributed by atoms with Crippen molar-refractivity contribution < 1.29 is 9.18 Å². The Kier molecular flexibility index (Phi) is 5.28. The van der Waals surface area contributed by atoms with Crippen LogP contribution in [-0.4, -0.2) is 26.0 Å². The average Bonchev–Trinajstić information content (AvgIpc) is 2.26. The molecular weight excluding hydrogens is 231 g/mol. The third-order valence-corrected chi connectivity index (χ3v) is 2.67. The standard InChI is InChI=1S/C14H21FN2O/c1-14(2,9-16-3)10-17-13(18)8-11-5-4-6-12(15)7-11/h4-7,16H,8-10H2,1-3H3,(H,17,18). The van der Waals surface area contributed by atoms with Gasteiger partial charge in [-0.15, -0.1) is 0 Å². The van der Waals surface area contributed by atoms with Crippen LogP contribution in [0.1, 0.15) is 19.4 Å². The second kappa shape index (κ2) is 6.50. The van der Waals surface area contributed by atoms with Gasteiger partial charge in [0.05, 0.1) is 6.42 Å². The second-order valence-electron chi connectivity index (χ2n) is 5.28. The Hall–Kier alpha value is -1.42. The number of carbonyl (C=O) groups excluding carboxylic acids is 1. The Morgan fingerprint density at radius 1 is 1.33 bits per heavy atom. The lowest BCUT2D eigenvalue weighted by atomic mass is 9.93. The number of halogens is 1. The van der Waals surface area contributed by atoms with Gasteiger partial charge >= 0.3 is 0 Å². The molecule has 0 aliphatic rings. The van der Waals surface area contributed by atoms with Crippen LogP contribution in [0.25, 0.3) is 0 Å². The largest absolute Gasteiger partial charge is 0.355 e. The minimum atomic E-state index is -0.309. The SMILES string of the molecule is CNCC(C)(C)CNC(=O)Cc1cccc(F)c1. The number of benzene rings is 1. The molecule has 0 saturated carbocycles. The fourth-order valence-corrected chi connectivity index (χ4v) is 1.77. The van der Waals surface area contributed by atoms with Crippen LogP contribution in [0.3, 0.4) is 0 Å². The minimum Gasteiger partial charge on any atom is -0.355 e. The maximum absolute atomic E-state index is 13.0. The summed E-state index contributed by atoms with van der Waals surface area (Å²) in [6, 6.07) is 6.13. The molecule has 0 bridgehead atoms. The van der Waals surface area contributed by atoms with E-state index < -0.39 is 0 Å². The van der Waals surface area contributed by atoms with Crippen molar-refractivity contribution in [1.82, 2.24) is 10.6 Å². The zero-order valence-electron chi connectivity index (χ0n) is 11.2. The molecule has 3 nitrogen and oxygen atoms in total. The van der Waals surface area contributed by atoms with Crippen molar-refractivity contribution in [2.24, 2.45) is 5.41 Å². The monoisotopic (exact) mass is 252 g/mol. The quantitative estimate of drug-likeness (QED) is 0.809. The van der Waals surface area contributed by atoms with E-state index in [4.69, 9.17) is 0 Å². The maximum atomic E-state index is 13.0. The molecule has 1 aromatic rings. The molecule has 0 aliphatic carbocycles. The maximum Gasteiger partial charge on any atom is 0.224 e. The van der Waals surface area contributed by atoms with Gasteiger partial charge in [0.15, 0.2) is 0 Å². The molecule has 1 rings (SSSR count). The van der Waals surface area contributed by atoms with Gasteiger partial charge in [0.2, 0.25) is 5.91 Å². The smallest absolute Gasteiger partial charge is 0.224 e. The van der Waals surface area contributed by atoms with Gasteiger partial charge in [0.25, 0.3) is 0 Å². The summed E-state index contributed by atoms with van der Waals surface area (Å²) in [7, 11) is 1.89. The van der Waals surface area contributed by atoms with E-state index in [0.717, 1.165) is 6.54 Å². The number of amides is 1. The summed E-state index contributed by atoms with van der Waals surface area (Å²) in [6.07, 6.45) is 0.216. The van der Waals surface area contributed by atoms with Crippen LogP contribution in [0, 0.1) is 11.2 Å². The predicted molar refractivity (Wildman–Crippen MR) is 70.8 cm³/mol. The highest BCUT2D eigenvalue weighted by molar-refractivity contribution is 5.78. The van der Waals surface area contributed by atoms with Crippen LogP contribution >= 0.6 is 0 Å². The minimum absolute atomic E-state index is 0.00630. The lowest BCUT2D eigenvalue weighted by molar-refractivity contribution is -0.120. The lowest BCUT2D eigenvalue weighted by Gasteiger charge is -2.24. The summed E-state index contributed by atoms with van der Waals surface area (Å²) in [4.78, 5) is 11.7. The molecule has 1 amide bonds. The van der Waals surface area contributed by atoms with Gasteiger partial charge in [-0.1, -0.05) is 26.0 Å². The van der Waals surface area contributed by atoms with Gasteiger partial charge in [-0.2, -0.15) is 0 Å². The van der Waals surface area contributed by atoms with Gasteiger partial charge in [0, 0.05) is 13.1 Å². The fraction of sp³-hybridized carbons (Fsp3) is 0.500. The van der Waals surface area contributed by atoms with E-state index in [1.54, 1.807) is 12.1 Å². The fourth-order valence-electron chi connectivity index (χ4n) is 1.77. The average molecular weight is 252 g/mol. The van der Waals surface area contributed by atoms with E-state index in [1.807, 2.05) is 7.05 Å². The van der Waals surface area contributed by atoms with Crippen molar-refractivity contribution in [1.29, 1.82) is 0 Å². The third kappa shape index (κ3) is 5.27. The van der Waals surface area contributed by atoms with Crippen LogP contribution in [0.4, 0.5) is 4.39 Å². The van der Waals surface area contributed by atoms with Gasteiger partial charge in [-0.05, 0) is 30.2 Å². The summed E-state index contributed by atoms with van der Waals surface area (Å²) in [5.41, 5.74) is 0.700. The van der Waals surface area contributed by atoms with Crippen molar-refractivity contribution in [2.75, 3.05) is 20.1 Å². The molecule has 0 atom stereocenters. The zero-order chi connectivity index (χ0) is 13.6. The number of rotatable bonds is 6. The van der Waals surface area contributed by atoms with Crippen molar-refractivity contribution in [2.45, 2.75) is 20.3 Å². The summed E-state index contributed by atoms with van der Waals surface area (Å²) < 4.78 is 13.0. The molecule has 0 spiro atoms. The normalized spacial score (nSPS) is 11.3. The van der Waals surface area contributed by atoms with Crippen molar-refractivity contribution in [3.8, 4) is 0 Å². The molecule has 0 aromatic heterocycles. The summed E-state index contributed by atoms with van der Waals surface area (Å²) in [5, 5.41) is 5.96. The highest BCUT2D eigenvalue weighted by atomic mass is 19.1. The predicted octanol–water partition coefficient (Wildman–Crippen LogP) is 1.73.